The van der Waals surface area contributed by atoms with Gasteiger partial charge in [0.2, 0.25) is 0 Å². The highest BCUT2D eigenvalue weighted by Crippen LogP contribution is 2.18. The number of carboxylic acids is 1. The molecule has 0 spiro atoms. The lowest BCUT2D eigenvalue weighted by Gasteiger charge is -2.04. The minimum atomic E-state index is -1.05. The summed E-state index contributed by atoms with van der Waals surface area (Å²) < 4.78 is 1.29. The maximum atomic E-state index is 11.2. The zero-order valence-electron chi connectivity index (χ0n) is 9.19. The summed E-state index contributed by atoms with van der Waals surface area (Å²) in [6.45, 7) is 0. The zero-order chi connectivity index (χ0) is 12.5. The summed E-state index contributed by atoms with van der Waals surface area (Å²) in [5.41, 5.74) is 1.90. The van der Waals surface area contributed by atoms with E-state index < -0.39 is 5.97 Å². The summed E-state index contributed by atoms with van der Waals surface area (Å²) in [5.74, 6) is -1.05. The number of fused-ring (bicyclic) bond motifs is 1. The van der Waals surface area contributed by atoms with Crippen LogP contribution in [0.4, 0.5) is 0 Å². The van der Waals surface area contributed by atoms with Crippen molar-refractivity contribution < 1.29 is 9.90 Å². The molecule has 0 amide bonds. The topological polar surface area (TPSA) is 80.4 Å². The highest BCUT2D eigenvalue weighted by Gasteiger charge is 2.13. The van der Waals surface area contributed by atoms with Crippen LogP contribution in [-0.2, 0) is 0 Å². The lowest BCUT2D eigenvalue weighted by molar-refractivity contribution is 0.0687. The van der Waals surface area contributed by atoms with Crippen molar-refractivity contribution in [1.82, 2.24) is 19.6 Å². The Morgan fingerprint density at radius 1 is 1.28 bits per heavy atom. The minimum Gasteiger partial charge on any atom is -0.477 e. The zero-order valence-corrected chi connectivity index (χ0v) is 9.19. The van der Waals surface area contributed by atoms with E-state index in [0.29, 0.717) is 11.3 Å². The average Bonchev–Trinajstić information content (AvgIpc) is 2.86. The summed E-state index contributed by atoms with van der Waals surface area (Å²) in [5, 5.41) is 13.1. The molecular weight excluding hydrogens is 232 g/mol. The lowest BCUT2D eigenvalue weighted by atomic mass is 10.2. The normalized spacial score (nSPS) is 10.7. The molecule has 0 saturated carbocycles. The van der Waals surface area contributed by atoms with Crippen molar-refractivity contribution >= 4 is 11.6 Å². The number of aromatic nitrogens is 4. The predicted molar refractivity (Wildman–Crippen MR) is 63.2 cm³/mol. The molecule has 6 heteroatoms. The molecule has 0 atom stereocenters. The molecule has 0 radical (unpaired) electrons. The lowest BCUT2D eigenvalue weighted by Crippen LogP contribution is -2.08. The van der Waals surface area contributed by atoms with Crippen LogP contribution in [0.3, 0.4) is 0 Å². The Bertz CT molecular complexity index is 721. The number of aromatic carboxylic acids is 1. The Morgan fingerprint density at radius 2 is 2.17 bits per heavy atom. The van der Waals surface area contributed by atoms with Crippen molar-refractivity contribution in [3.63, 3.8) is 0 Å². The number of carbonyl (C=O) groups is 1. The molecular formula is C12H8N4O2. The molecule has 0 unspecified atom stereocenters. The van der Waals surface area contributed by atoms with Crippen LogP contribution in [0.2, 0.25) is 0 Å². The van der Waals surface area contributed by atoms with E-state index in [1.54, 1.807) is 24.5 Å². The maximum Gasteiger partial charge on any atom is 0.354 e. The molecule has 6 nitrogen and oxygen atoms in total. The molecule has 3 rings (SSSR count). The number of hydrogen-bond donors (Lipinski definition) is 1. The van der Waals surface area contributed by atoms with E-state index in [-0.39, 0.29) is 5.69 Å². The monoisotopic (exact) mass is 240 g/mol. The van der Waals surface area contributed by atoms with Gasteiger partial charge in [0.15, 0.2) is 11.3 Å². The number of nitrogens with zero attached hydrogens (tertiary/aromatic N) is 4. The summed E-state index contributed by atoms with van der Waals surface area (Å²) in [4.78, 5) is 19.5. The largest absolute Gasteiger partial charge is 0.477 e. The molecule has 0 fully saturated rings. The molecule has 0 bridgehead atoms. The van der Waals surface area contributed by atoms with Crippen molar-refractivity contribution in [2.24, 2.45) is 0 Å². The van der Waals surface area contributed by atoms with Crippen molar-refractivity contribution in [1.29, 1.82) is 0 Å². The van der Waals surface area contributed by atoms with E-state index >= 15 is 0 Å². The molecule has 0 aliphatic heterocycles. The molecule has 1 N–H and O–H groups in total. The molecule has 88 valence electrons. The second kappa shape index (κ2) is 3.92. The molecule has 18 heavy (non-hydrogen) atoms. The molecule has 0 aliphatic carbocycles. The first-order chi connectivity index (χ1) is 8.75. The van der Waals surface area contributed by atoms with E-state index in [1.165, 1.54) is 16.8 Å². The molecule has 0 saturated heterocycles. The highest BCUT2D eigenvalue weighted by atomic mass is 16.4. The maximum absolute atomic E-state index is 11.2. The van der Waals surface area contributed by atoms with Gasteiger partial charge in [0.1, 0.15) is 0 Å². The van der Waals surface area contributed by atoms with Crippen LogP contribution in [0.25, 0.3) is 16.9 Å². The van der Waals surface area contributed by atoms with Crippen molar-refractivity contribution in [3.05, 3.63) is 48.5 Å². The first kappa shape index (κ1) is 10.4. The Balaban J connectivity index is 2.29. The van der Waals surface area contributed by atoms with Gasteiger partial charge in [-0.3, -0.25) is 4.98 Å². The summed E-state index contributed by atoms with van der Waals surface area (Å²) in [6.07, 6.45) is 4.81. The molecule has 3 aromatic heterocycles. The fraction of sp³-hybridized carbons (Fsp3) is 0. The van der Waals surface area contributed by atoms with E-state index in [0.717, 1.165) is 5.56 Å². The summed E-state index contributed by atoms with van der Waals surface area (Å²) in [6, 6.07) is 6.75. The molecule has 0 aromatic carbocycles. The van der Waals surface area contributed by atoms with Crippen molar-refractivity contribution in [2.75, 3.05) is 0 Å². The second-order valence-corrected chi connectivity index (χ2v) is 3.67. The second-order valence-electron chi connectivity index (χ2n) is 3.67. The average molecular weight is 240 g/mol. The minimum absolute atomic E-state index is 0.0730. The number of pyridine rings is 1. The van der Waals surface area contributed by atoms with E-state index in [1.807, 2.05) is 6.07 Å². The Kier molecular flexibility index (Phi) is 2.26. The molecule has 0 aliphatic rings. The highest BCUT2D eigenvalue weighted by molar-refractivity contribution is 5.87. The van der Waals surface area contributed by atoms with Gasteiger partial charge < -0.3 is 5.11 Å². The van der Waals surface area contributed by atoms with Gasteiger partial charge in [0.25, 0.3) is 0 Å². The Labute approximate surface area is 102 Å². The van der Waals surface area contributed by atoms with Crippen molar-refractivity contribution in [2.45, 2.75) is 0 Å². The summed E-state index contributed by atoms with van der Waals surface area (Å²) in [7, 11) is 0. The third-order valence-corrected chi connectivity index (χ3v) is 2.54. The van der Waals surface area contributed by atoms with Crippen LogP contribution in [0.1, 0.15) is 10.5 Å². The third kappa shape index (κ3) is 1.60. The van der Waals surface area contributed by atoms with Crippen LogP contribution >= 0.6 is 0 Å². The Morgan fingerprint density at radius 3 is 2.89 bits per heavy atom. The third-order valence-electron chi connectivity index (χ3n) is 2.54. The SMILES string of the molecule is O=C(O)c1cc(-c2cccnc2)nc2ccnn12. The van der Waals surface area contributed by atoms with Gasteiger partial charge in [-0.1, -0.05) is 0 Å². The smallest absolute Gasteiger partial charge is 0.354 e. The number of hydrogen-bond acceptors (Lipinski definition) is 4. The molecule has 3 heterocycles. The van der Waals surface area contributed by atoms with Crippen LogP contribution < -0.4 is 0 Å². The van der Waals surface area contributed by atoms with Gasteiger partial charge in [-0.25, -0.2) is 14.3 Å². The van der Waals surface area contributed by atoms with Crippen LogP contribution in [-0.4, -0.2) is 30.7 Å². The molecule has 3 aromatic rings. The first-order valence-corrected chi connectivity index (χ1v) is 5.24. The quantitative estimate of drug-likeness (QED) is 0.734. The van der Waals surface area contributed by atoms with Gasteiger partial charge in [0.05, 0.1) is 11.9 Å². The predicted octanol–water partition coefficient (Wildman–Crippen LogP) is 1.49. The van der Waals surface area contributed by atoms with Gasteiger partial charge in [-0.2, -0.15) is 5.10 Å². The van der Waals surface area contributed by atoms with Gasteiger partial charge in [0, 0.05) is 24.0 Å². The van der Waals surface area contributed by atoms with Gasteiger partial charge in [-0.05, 0) is 18.2 Å². The number of rotatable bonds is 2. The van der Waals surface area contributed by atoms with Gasteiger partial charge >= 0.3 is 5.97 Å². The van der Waals surface area contributed by atoms with Crippen molar-refractivity contribution in [3.8, 4) is 11.3 Å². The van der Waals surface area contributed by atoms with Gasteiger partial charge in [-0.15, -0.1) is 0 Å². The van der Waals surface area contributed by atoms with Crippen LogP contribution in [0.5, 0.6) is 0 Å². The Hall–Kier alpha value is -2.76. The van der Waals surface area contributed by atoms with E-state index in [2.05, 4.69) is 15.1 Å². The number of carboxylic acid groups (broad SMARTS) is 1. The summed E-state index contributed by atoms with van der Waals surface area (Å²) >= 11 is 0. The fourth-order valence-corrected chi connectivity index (χ4v) is 1.73. The van der Waals surface area contributed by atoms with Crippen LogP contribution in [0, 0.1) is 0 Å². The van der Waals surface area contributed by atoms with E-state index in [4.69, 9.17) is 5.11 Å². The fourth-order valence-electron chi connectivity index (χ4n) is 1.73. The van der Waals surface area contributed by atoms with Crippen LogP contribution in [0.15, 0.2) is 42.9 Å². The van der Waals surface area contributed by atoms with E-state index in [9.17, 15) is 4.79 Å². The first-order valence-electron chi connectivity index (χ1n) is 5.24. The standard InChI is InChI=1S/C12H8N4O2/c17-12(18)10-6-9(8-2-1-4-13-7-8)15-11-3-5-14-16(10)11/h1-7H,(H,17,18).